The first kappa shape index (κ1) is 19.1. The number of thioether (sulfide) groups is 1. The van der Waals surface area contributed by atoms with E-state index in [-0.39, 0.29) is 17.5 Å². The molecule has 0 fully saturated rings. The Labute approximate surface area is 128 Å². The number of carbonyl (C=O) groups is 2. The van der Waals surface area contributed by atoms with Crippen LogP contribution in [-0.4, -0.2) is 22.7 Å². The summed E-state index contributed by atoms with van der Waals surface area (Å²) in [6.07, 6.45) is -11.1. The molecule has 0 radical (unpaired) electrons. The topological polar surface area (TPSA) is 93.2 Å². The molecule has 0 N–H and O–H groups in total. The van der Waals surface area contributed by atoms with E-state index in [1.54, 1.807) is 0 Å². The zero-order valence-corrected chi connectivity index (χ0v) is 11.8. The zero-order valence-electron chi connectivity index (χ0n) is 11.0. The highest BCUT2D eigenvalue weighted by Gasteiger charge is 2.44. The lowest BCUT2D eigenvalue weighted by atomic mass is 10.1. The maximum Gasteiger partial charge on any atom is 0.434 e. The van der Waals surface area contributed by atoms with E-state index in [0.29, 0.717) is 0 Å². The van der Waals surface area contributed by atoms with Crippen molar-refractivity contribution in [1.82, 2.24) is 4.98 Å². The molecular weight excluding hydrogens is 356 g/mol. The molecule has 23 heavy (non-hydrogen) atoms. The number of carboxylic acids is 2. The summed E-state index contributed by atoms with van der Waals surface area (Å²) in [6.45, 7) is 1.27. The first-order valence-corrected chi connectivity index (χ1v) is 6.58. The normalized spacial score (nSPS) is 12.3. The Morgan fingerprint density at radius 3 is 1.52 bits per heavy atom. The molecule has 1 heterocycles. The lowest BCUT2D eigenvalue weighted by Crippen LogP contribution is -2.34. The molecule has 0 spiro atoms. The van der Waals surface area contributed by atoms with Gasteiger partial charge in [-0.3, -0.25) is 0 Å². The summed E-state index contributed by atoms with van der Waals surface area (Å²) in [5, 5.41) is 21.9. The van der Waals surface area contributed by atoms with Gasteiger partial charge in [0.05, 0.1) is 11.9 Å². The Morgan fingerprint density at radius 1 is 0.957 bits per heavy atom. The van der Waals surface area contributed by atoms with Crippen molar-refractivity contribution in [3.05, 3.63) is 22.5 Å². The number of alkyl halides is 6. The van der Waals surface area contributed by atoms with Crippen molar-refractivity contribution in [1.29, 1.82) is 0 Å². The van der Waals surface area contributed by atoms with Gasteiger partial charge in [0.1, 0.15) is 0 Å². The minimum atomic E-state index is -5.57. The maximum atomic E-state index is 12.8. The van der Waals surface area contributed by atoms with Crippen LogP contribution < -0.4 is 10.2 Å². The van der Waals surface area contributed by atoms with Crippen molar-refractivity contribution in [3.8, 4) is 0 Å². The van der Waals surface area contributed by atoms with Gasteiger partial charge in [-0.05, 0) is 5.75 Å². The summed E-state index contributed by atoms with van der Waals surface area (Å²) in [4.78, 5) is 22.8. The van der Waals surface area contributed by atoms with E-state index in [2.05, 4.69) is 4.98 Å². The van der Waals surface area contributed by atoms with Crippen LogP contribution in [0, 0.1) is 0 Å². The van der Waals surface area contributed by atoms with Crippen LogP contribution in [0.25, 0.3) is 0 Å². The monoisotopic (exact) mass is 361 g/mol. The van der Waals surface area contributed by atoms with E-state index < -0.39 is 51.7 Å². The van der Waals surface area contributed by atoms with Crippen molar-refractivity contribution in [3.63, 3.8) is 0 Å². The molecule has 1 aromatic heterocycles. The molecule has 12 heteroatoms. The van der Waals surface area contributed by atoms with Gasteiger partial charge in [0, 0.05) is 16.0 Å². The third-order valence-corrected chi connectivity index (χ3v) is 3.37. The summed E-state index contributed by atoms with van der Waals surface area (Å²) in [5.41, 5.74) is -8.30. The fraction of sp³-hybridized carbons (Fsp3) is 0.364. The van der Waals surface area contributed by atoms with E-state index in [1.165, 1.54) is 6.92 Å². The summed E-state index contributed by atoms with van der Waals surface area (Å²) in [6, 6.07) is 0. The highest BCUT2D eigenvalue weighted by atomic mass is 32.2. The molecule has 1 aromatic rings. The second kappa shape index (κ2) is 6.26. The summed E-state index contributed by atoms with van der Waals surface area (Å²) in [7, 11) is 0. The third kappa shape index (κ3) is 3.86. The van der Waals surface area contributed by atoms with Crippen LogP contribution in [0.15, 0.2) is 4.90 Å². The number of aromatic nitrogens is 1. The number of hydrogen-bond donors (Lipinski definition) is 0. The van der Waals surface area contributed by atoms with Gasteiger partial charge < -0.3 is 19.8 Å². The summed E-state index contributed by atoms with van der Waals surface area (Å²) in [5.74, 6) is -5.21. The molecule has 0 atom stereocenters. The van der Waals surface area contributed by atoms with Crippen LogP contribution in [0.2, 0.25) is 0 Å². The molecule has 0 bridgehead atoms. The fourth-order valence-corrected chi connectivity index (χ4v) is 2.58. The molecule has 128 valence electrons. The van der Waals surface area contributed by atoms with Crippen molar-refractivity contribution in [2.45, 2.75) is 24.2 Å². The average Bonchev–Trinajstić information content (AvgIpc) is 2.34. The highest BCUT2D eigenvalue weighted by molar-refractivity contribution is 7.99. The number of hydrogen-bond acceptors (Lipinski definition) is 6. The van der Waals surface area contributed by atoms with Gasteiger partial charge in [0.15, 0.2) is 11.4 Å². The van der Waals surface area contributed by atoms with Gasteiger partial charge >= 0.3 is 12.4 Å². The SMILES string of the molecule is CCSc1c(C(=O)[O-])c(C(F)(F)F)nc(C(F)(F)F)c1C(=O)[O-]. The largest absolute Gasteiger partial charge is 0.545 e. The minimum Gasteiger partial charge on any atom is -0.545 e. The van der Waals surface area contributed by atoms with Gasteiger partial charge in [-0.15, -0.1) is 11.8 Å². The number of pyridine rings is 1. The second-order valence-corrected chi connectivity index (χ2v) is 5.17. The van der Waals surface area contributed by atoms with Crippen LogP contribution in [-0.2, 0) is 12.4 Å². The van der Waals surface area contributed by atoms with E-state index in [9.17, 15) is 46.1 Å². The molecular formula is C11H5F6NO4S-2. The van der Waals surface area contributed by atoms with E-state index in [0.717, 1.165) is 0 Å². The van der Waals surface area contributed by atoms with E-state index >= 15 is 0 Å². The number of aromatic carboxylic acids is 2. The van der Waals surface area contributed by atoms with Gasteiger partial charge in [-0.25, -0.2) is 4.98 Å². The molecule has 0 aliphatic rings. The van der Waals surface area contributed by atoms with Gasteiger partial charge in [0.2, 0.25) is 0 Å². The Hall–Kier alpha value is -1.98. The zero-order chi connectivity index (χ0) is 18.2. The van der Waals surface area contributed by atoms with Gasteiger partial charge in [-0.2, -0.15) is 26.3 Å². The molecule has 0 saturated heterocycles. The van der Waals surface area contributed by atoms with Crippen molar-refractivity contribution in [2.75, 3.05) is 5.75 Å². The first-order valence-electron chi connectivity index (χ1n) is 5.60. The van der Waals surface area contributed by atoms with E-state index in [4.69, 9.17) is 0 Å². The third-order valence-electron chi connectivity index (χ3n) is 2.39. The number of carbonyl (C=O) groups excluding carboxylic acids is 2. The van der Waals surface area contributed by atoms with Crippen LogP contribution in [0.3, 0.4) is 0 Å². The predicted molar refractivity (Wildman–Crippen MR) is 59.3 cm³/mol. The van der Waals surface area contributed by atoms with Crippen molar-refractivity contribution in [2.24, 2.45) is 0 Å². The number of nitrogens with zero attached hydrogens (tertiary/aromatic N) is 1. The maximum absolute atomic E-state index is 12.8. The van der Waals surface area contributed by atoms with Crippen LogP contribution in [0.1, 0.15) is 39.0 Å². The molecule has 5 nitrogen and oxygen atoms in total. The molecule has 0 aromatic carbocycles. The van der Waals surface area contributed by atoms with Crippen LogP contribution in [0.5, 0.6) is 0 Å². The second-order valence-electron chi connectivity index (χ2n) is 3.89. The number of carboxylic acid groups (broad SMARTS) is 2. The smallest absolute Gasteiger partial charge is 0.434 e. The lowest BCUT2D eigenvalue weighted by molar-refractivity contribution is -0.257. The van der Waals surface area contributed by atoms with Gasteiger partial charge in [-0.1, -0.05) is 6.92 Å². The van der Waals surface area contributed by atoms with Crippen LogP contribution >= 0.6 is 11.8 Å². The Morgan fingerprint density at radius 2 is 1.30 bits per heavy atom. The lowest BCUT2D eigenvalue weighted by Gasteiger charge is -2.23. The minimum absolute atomic E-state index is 0.164. The predicted octanol–water partition coefficient (Wildman–Crippen LogP) is 0.958. The van der Waals surface area contributed by atoms with Crippen LogP contribution in [0.4, 0.5) is 26.3 Å². The molecule has 0 aliphatic heterocycles. The van der Waals surface area contributed by atoms with E-state index in [1.807, 2.05) is 0 Å². The number of rotatable bonds is 4. The highest BCUT2D eigenvalue weighted by Crippen LogP contribution is 2.41. The Kier molecular flexibility index (Phi) is 5.19. The molecule has 0 amide bonds. The fourth-order valence-electron chi connectivity index (χ4n) is 1.64. The van der Waals surface area contributed by atoms with Crippen molar-refractivity contribution >= 4 is 23.7 Å². The summed E-state index contributed by atoms with van der Waals surface area (Å²) >= 11 is 0.164. The number of halogens is 6. The molecule has 0 aliphatic carbocycles. The molecule has 1 rings (SSSR count). The van der Waals surface area contributed by atoms with Crippen molar-refractivity contribution < 1.29 is 46.1 Å². The molecule has 0 saturated carbocycles. The summed E-state index contributed by atoms with van der Waals surface area (Å²) < 4.78 is 77.0. The standard InChI is InChI=1S/C11H7F6NO4S/c1-2-23-5-3(8(19)20)6(10(12,13)14)18-7(11(15,16)17)4(5)9(21)22/h2H2,1H3,(H,19,20)(H,21,22)/p-2. The van der Waals surface area contributed by atoms with Gasteiger partial charge in [0.25, 0.3) is 0 Å². The molecule has 0 unspecified atom stereocenters. The average molecular weight is 361 g/mol. The Bertz CT molecular complexity index is 605. The first-order chi connectivity index (χ1) is 10.3. The quantitative estimate of drug-likeness (QED) is 0.586. The Balaban J connectivity index is 4.07.